The van der Waals surface area contributed by atoms with Crippen LogP contribution in [0.5, 0.6) is 0 Å². The second-order valence-electron chi connectivity index (χ2n) is 1.89. The topological polar surface area (TPSA) is 0 Å². The molecule has 0 bridgehead atoms. The molecule has 1 aromatic carbocycles. The molecule has 0 amide bonds. The van der Waals surface area contributed by atoms with Gasteiger partial charge in [0.05, 0.1) is 0 Å². The Kier molecular flexibility index (Phi) is 3.07. The SMILES string of the molecule is [Zr]=[CH]Cc1ccccc1. The Morgan fingerprint density at radius 3 is 2.44 bits per heavy atom. The van der Waals surface area contributed by atoms with Gasteiger partial charge in [0.1, 0.15) is 0 Å². The van der Waals surface area contributed by atoms with Crippen LogP contribution in [-0.2, 0) is 30.7 Å². The average molecular weight is 195 g/mol. The molecule has 0 aliphatic rings. The summed E-state index contributed by atoms with van der Waals surface area (Å²) in [5.74, 6) is 0. The van der Waals surface area contributed by atoms with Gasteiger partial charge in [-0.15, -0.1) is 0 Å². The molecule has 1 aromatic rings. The fraction of sp³-hybridized carbons (Fsp3) is 0.125. The summed E-state index contributed by atoms with van der Waals surface area (Å²) in [6.07, 6.45) is 1.12. The van der Waals surface area contributed by atoms with E-state index in [0.717, 1.165) is 6.42 Å². The van der Waals surface area contributed by atoms with Crippen LogP contribution in [0.2, 0.25) is 0 Å². The van der Waals surface area contributed by atoms with E-state index in [1.165, 1.54) is 29.8 Å². The Labute approximate surface area is 70.2 Å². The molecule has 9 heavy (non-hydrogen) atoms. The molecule has 0 aromatic heterocycles. The molecule has 44 valence electrons. The first-order chi connectivity index (χ1) is 4.43. The summed E-state index contributed by atoms with van der Waals surface area (Å²) in [5.41, 5.74) is 1.41. The minimum absolute atomic E-state index is 1.12. The van der Waals surface area contributed by atoms with Crippen LogP contribution in [0.25, 0.3) is 0 Å². The van der Waals surface area contributed by atoms with Crippen LogP contribution in [-0.4, -0.2) is 3.71 Å². The van der Waals surface area contributed by atoms with Crippen molar-refractivity contribution in [3.63, 3.8) is 0 Å². The summed E-state index contributed by atoms with van der Waals surface area (Å²) in [6, 6.07) is 10.5. The average Bonchev–Trinajstić information content (AvgIpc) is 1.91. The summed E-state index contributed by atoms with van der Waals surface area (Å²) in [4.78, 5) is 0. The molecule has 0 saturated carbocycles. The van der Waals surface area contributed by atoms with Gasteiger partial charge in [0, 0.05) is 0 Å². The van der Waals surface area contributed by atoms with Gasteiger partial charge in [-0.05, 0) is 0 Å². The van der Waals surface area contributed by atoms with Crippen molar-refractivity contribution in [2.24, 2.45) is 0 Å². The normalized spacial score (nSPS) is 8.78. The molecule has 0 atom stereocenters. The Bertz CT molecular complexity index is 179. The van der Waals surface area contributed by atoms with Gasteiger partial charge in [-0.2, -0.15) is 0 Å². The Hall–Kier alpha value is -0.0269. The second kappa shape index (κ2) is 3.90. The monoisotopic (exact) mass is 194 g/mol. The van der Waals surface area contributed by atoms with E-state index in [4.69, 9.17) is 0 Å². The van der Waals surface area contributed by atoms with Gasteiger partial charge < -0.3 is 0 Å². The van der Waals surface area contributed by atoms with Crippen LogP contribution in [0, 0.1) is 0 Å². The van der Waals surface area contributed by atoms with E-state index in [1.807, 2.05) is 6.07 Å². The van der Waals surface area contributed by atoms with Crippen LogP contribution >= 0.6 is 0 Å². The fourth-order valence-corrected chi connectivity index (χ4v) is 1.31. The van der Waals surface area contributed by atoms with Gasteiger partial charge in [0.15, 0.2) is 0 Å². The zero-order valence-electron chi connectivity index (χ0n) is 5.17. The molecule has 0 aliphatic heterocycles. The third-order valence-electron chi connectivity index (χ3n) is 1.18. The van der Waals surface area contributed by atoms with Gasteiger partial charge in [-0.3, -0.25) is 0 Å². The molecule has 0 fully saturated rings. The molecule has 1 heteroatoms. The summed E-state index contributed by atoms with van der Waals surface area (Å²) >= 11 is 1.51. The predicted molar refractivity (Wildman–Crippen MR) is 36.2 cm³/mol. The van der Waals surface area contributed by atoms with Crippen molar-refractivity contribution in [2.45, 2.75) is 6.42 Å². The van der Waals surface area contributed by atoms with Crippen LogP contribution in [0.4, 0.5) is 0 Å². The first kappa shape index (κ1) is 7.08. The molecular formula is C8H8Zr. The third-order valence-corrected chi connectivity index (χ3v) is 1.68. The van der Waals surface area contributed by atoms with Crippen LogP contribution in [0.1, 0.15) is 5.56 Å². The van der Waals surface area contributed by atoms with E-state index in [9.17, 15) is 0 Å². The van der Waals surface area contributed by atoms with E-state index < -0.39 is 0 Å². The number of hydrogen-bond acceptors (Lipinski definition) is 0. The second-order valence-corrected chi connectivity index (χ2v) is 2.90. The zero-order chi connectivity index (χ0) is 6.53. The van der Waals surface area contributed by atoms with Crippen molar-refractivity contribution in [3.8, 4) is 0 Å². The van der Waals surface area contributed by atoms with E-state index in [2.05, 4.69) is 28.0 Å². The summed E-state index contributed by atoms with van der Waals surface area (Å²) < 4.78 is 2.25. The van der Waals surface area contributed by atoms with Crippen molar-refractivity contribution in [1.29, 1.82) is 0 Å². The fourth-order valence-electron chi connectivity index (χ4n) is 0.732. The van der Waals surface area contributed by atoms with Crippen molar-refractivity contribution < 1.29 is 24.2 Å². The van der Waals surface area contributed by atoms with E-state index in [-0.39, 0.29) is 0 Å². The quantitative estimate of drug-likeness (QED) is 0.672. The van der Waals surface area contributed by atoms with E-state index in [1.54, 1.807) is 0 Å². The number of hydrogen-bond donors (Lipinski definition) is 0. The zero-order valence-corrected chi connectivity index (χ0v) is 7.63. The minimum atomic E-state index is 1.12. The van der Waals surface area contributed by atoms with Gasteiger partial charge in [-0.1, -0.05) is 0 Å². The number of benzene rings is 1. The van der Waals surface area contributed by atoms with Crippen molar-refractivity contribution in [3.05, 3.63) is 35.9 Å². The standard InChI is InChI=1S/C8H8.Zr/c1-2-8-6-4-3-5-7-8;/h1,3-7H,2H2;. The van der Waals surface area contributed by atoms with Gasteiger partial charge in [0.2, 0.25) is 0 Å². The first-order valence-corrected chi connectivity index (χ1v) is 4.38. The summed E-state index contributed by atoms with van der Waals surface area (Å²) in [7, 11) is 0. The molecular weight excluding hydrogens is 187 g/mol. The molecule has 0 unspecified atom stereocenters. The van der Waals surface area contributed by atoms with Gasteiger partial charge in [-0.25, -0.2) is 0 Å². The molecule has 0 radical (unpaired) electrons. The van der Waals surface area contributed by atoms with E-state index >= 15 is 0 Å². The van der Waals surface area contributed by atoms with Gasteiger partial charge in [0.25, 0.3) is 0 Å². The predicted octanol–water partition coefficient (Wildman–Crippen LogP) is 1.58. The van der Waals surface area contributed by atoms with Crippen LogP contribution in [0.3, 0.4) is 0 Å². The Morgan fingerprint density at radius 2 is 1.89 bits per heavy atom. The summed E-state index contributed by atoms with van der Waals surface area (Å²) in [5, 5.41) is 0. The van der Waals surface area contributed by atoms with Crippen LogP contribution < -0.4 is 0 Å². The van der Waals surface area contributed by atoms with Gasteiger partial charge >= 0.3 is 70.3 Å². The molecule has 1 rings (SSSR count). The third kappa shape index (κ3) is 2.36. The first-order valence-electron chi connectivity index (χ1n) is 2.96. The van der Waals surface area contributed by atoms with E-state index in [0.29, 0.717) is 0 Å². The molecule has 0 saturated heterocycles. The molecule has 0 heterocycles. The Balaban J connectivity index is 2.72. The van der Waals surface area contributed by atoms with Crippen molar-refractivity contribution >= 4 is 3.71 Å². The van der Waals surface area contributed by atoms with Crippen molar-refractivity contribution in [2.75, 3.05) is 0 Å². The maximum absolute atomic E-state index is 2.25. The van der Waals surface area contributed by atoms with Crippen molar-refractivity contribution in [1.82, 2.24) is 0 Å². The summed E-state index contributed by atoms with van der Waals surface area (Å²) in [6.45, 7) is 0. The molecule has 0 spiro atoms. The number of rotatable bonds is 2. The Morgan fingerprint density at radius 1 is 1.22 bits per heavy atom. The molecule has 0 aliphatic carbocycles. The van der Waals surface area contributed by atoms with Crippen LogP contribution in [0.15, 0.2) is 30.3 Å². The maximum atomic E-state index is 2.25. The molecule has 0 nitrogen and oxygen atoms in total. The molecule has 0 N–H and O–H groups in total.